The molecule has 1 aromatic rings. The van der Waals surface area contributed by atoms with E-state index in [0.717, 1.165) is 49.6 Å². The van der Waals surface area contributed by atoms with Crippen molar-refractivity contribution in [3.05, 3.63) is 5.69 Å². The minimum absolute atomic E-state index is 0.200. The normalized spacial score (nSPS) is 23.5. The third kappa shape index (κ3) is 2.40. The van der Waals surface area contributed by atoms with Crippen LogP contribution in [-0.2, 0) is 0 Å². The fourth-order valence-electron chi connectivity index (χ4n) is 3.34. The van der Waals surface area contributed by atoms with Gasteiger partial charge in [-0.2, -0.15) is 4.98 Å². The van der Waals surface area contributed by atoms with E-state index in [9.17, 15) is 0 Å². The number of nitrogen functional groups attached to an aromatic ring is 1. The predicted octanol–water partition coefficient (Wildman–Crippen LogP) is 1.26. The second kappa shape index (κ2) is 5.44. The molecule has 3 rings (SSSR count). The van der Waals surface area contributed by atoms with E-state index in [1.807, 2.05) is 0 Å². The summed E-state index contributed by atoms with van der Waals surface area (Å²) >= 11 is 0. The van der Waals surface area contributed by atoms with Crippen LogP contribution in [0.25, 0.3) is 0 Å². The molecule has 0 bridgehead atoms. The molecule has 1 aliphatic carbocycles. The maximum absolute atomic E-state index is 6.00. The van der Waals surface area contributed by atoms with Gasteiger partial charge in [0.1, 0.15) is 0 Å². The standard InChI is InChI=1S/C14H23N5O/c1-20-12-11(9-4-2-3-5-9)17-14(16)18-13(12)19-7-6-10(15)8-19/h9-10H,2-8,15H2,1H3,(H2,16,17,18)/t10-/m1/s1. The molecule has 6 heteroatoms. The molecule has 0 spiro atoms. The maximum atomic E-state index is 6.00. The fourth-order valence-corrected chi connectivity index (χ4v) is 3.34. The molecule has 0 radical (unpaired) electrons. The molecule has 2 aliphatic rings. The lowest BCUT2D eigenvalue weighted by Gasteiger charge is -2.23. The quantitative estimate of drug-likeness (QED) is 0.864. The van der Waals surface area contributed by atoms with Crippen LogP contribution in [0.1, 0.15) is 43.7 Å². The van der Waals surface area contributed by atoms with Gasteiger partial charge in [-0.05, 0) is 19.3 Å². The lowest BCUT2D eigenvalue weighted by molar-refractivity contribution is 0.400. The molecule has 110 valence electrons. The van der Waals surface area contributed by atoms with Gasteiger partial charge in [0.15, 0.2) is 11.6 Å². The van der Waals surface area contributed by atoms with E-state index in [1.165, 1.54) is 12.8 Å². The Balaban J connectivity index is 2.00. The topological polar surface area (TPSA) is 90.3 Å². The Bertz CT molecular complexity index is 487. The predicted molar refractivity (Wildman–Crippen MR) is 79.0 cm³/mol. The highest BCUT2D eigenvalue weighted by atomic mass is 16.5. The molecular formula is C14H23N5O. The zero-order chi connectivity index (χ0) is 14.1. The van der Waals surface area contributed by atoms with E-state index in [1.54, 1.807) is 7.11 Å². The van der Waals surface area contributed by atoms with Crippen LogP contribution in [0.3, 0.4) is 0 Å². The lowest BCUT2D eigenvalue weighted by Crippen LogP contribution is -2.28. The average Bonchev–Trinajstić information content (AvgIpc) is 3.08. The van der Waals surface area contributed by atoms with Crippen LogP contribution < -0.4 is 21.1 Å². The van der Waals surface area contributed by atoms with Gasteiger partial charge in [0, 0.05) is 25.0 Å². The summed E-state index contributed by atoms with van der Waals surface area (Å²) in [4.78, 5) is 11.0. The Labute approximate surface area is 119 Å². The summed E-state index contributed by atoms with van der Waals surface area (Å²) < 4.78 is 5.63. The number of anilines is 2. The van der Waals surface area contributed by atoms with Crippen molar-refractivity contribution >= 4 is 11.8 Å². The largest absolute Gasteiger partial charge is 0.491 e. The smallest absolute Gasteiger partial charge is 0.222 e. The molecule has 2 heterocycles. The maximum Gasteiger partial charge on any atom is 0.222 e. The van der Waals surface area contributed by atoms with E-state index in [0.29, 0.717) is 11.9 Å². The number of ether oxygens (including phenoxy) is 1. The number of methoxy groups -OCH3 is 1. The van der Waals surface area contributed by atoms with Gasteiger partial charge < -0.3 is 21.1 Å². The van der Waals surface area contributed by atoms with Gasteiger partial charge in [0.2, 0.25) is 5.95 Å². The number of nitrogens with two attached hydrogens (primary N) is 2. The van der Waals surface area contributed by atoms with Crippen LogP contribution in [0.2, 0.25) is 0 Å². The SMILES string of the molecule is COc1c(C2CCCC2)nc(N)nc1N1CC[C@@H](N)C1. The Hall–Kier alpha value is -1.56. The minimum atomic E-state index is 0.200. The molecule has 1 atom stereocenters. The third-order valence-corrected chi connectivity index (χ3v) is 4.36. The number of aromatic nitrogens is 2. The molecule has 0 amide bonds. The van der Waals surface area contributed by atoms with Crippen LogP contribution >= 0.6 is 0 Å². The van der Waals surface area contributed by atoms with Gasteiger partial charge in [-0.15, -0.1) is 0 Å². The summed E-state index contributed by atoms with van der Waals surface area (Å²) in [6, 6.07) is 0.200. The summed E-state index contributed by atoms with van der Waals surface area (Å²) in [5.41, 5.74) is 12.9. The first-order chi connectivity index (χ1) is 9.69. The van der Waals surface area contributed by atoms with E-state index in [-0.39, 0.29) is 6.04 Å². The summed E-state index contributed by atoms with van der Waals surface area (Å²) in [7, 11) is 1.69. The summed E-state index contributed by atoms with van der Waals surface area (Å²) in [6.45, 7) is 1.70. The lowest BCUT2D eigenvalue weighted by atomic mass is 10.0. The van der Waals surface area contributed by atoms with Gasteiger partial charge in [0.25, 0.3) is 0 Å². The first-order valence-electron chi connectivity index (χ1n) is 7.41. The monoisotopic (exact) mass is 277 g/mol. The van der Waals surface area contributed by atoms with Gasteiger partial charge in [-0.25, -0.2) is 4.98 Å². The van der Waals surface area contributed by atoms with Crippen molar-refractivity contribution in [1.29, 1.82) is 0 Å². The molecule has 1 aromatic heterocycles. The van der Waals surface area contributed by atoms with Crippen LogP contribution in [0.5, 0.6) is 5.75 Å². The molecule has 0 aromatic carbocycles. The van der Waals surface area contributed by atoms with Crippen LogP contribution in [-0.4, -0.2) is 36.2 Å². The number of rotatable bonds is 3. The summed E-state index contributed by atoms with van der Waals surface area (Å²) in [6.07, 6.45) is 5.80. The van der Waals surface area contributed by atoms with E-state index in [4.69, 9.17) is 16.2 Å². The van der Waals surface area contributed by atoms with Gasteiger partial charge >= 0.3 is 0 Å². The number of nitrogens with zero attached hydrogens (tertiary/aromatic N) is 3. The van der Waals surface area contributed by atoms with Crippen molar-refractivity contribution in [2.45, 2.75) is 44.1 Å². The van der Waals surface area contributed by atoms with Crippen molar-refractivity contribution in [2.75, 3.05) is 30.8 Å². The zero-order valence-corrected chi connectivity index (χ0v) is 12.0. The van der Waals surface area contributed by atoms with Crippen molar-refractivity contribution < 1.29 is 4.74 Å². The Kier molecular flexibility index (Phi) is 3.65. The van der Waals surface area contributed by atoms with E-state index >= 15 is 0 Å². The Morgan fingerprint density at radius 1 is 1.20 bits per heavy atom. The second-order valence-electron chi connectivity index (χ2n) is 5.80. The van der Waals surface area contributed by atoms with Crippen molar-refractivity contribution in [2.24, 2.45) is 5.73 Å². The third-order valence-electron chi connectivity index (χ3n) is 4.36. The average molecular weight is 277 g/mol. The molecule has 0 unspecified atom stereocenters. The fraction of sp³-hybridized carbons (Fsp3) is 0.714. The zero-order valence-electron chi connectivity index (χ0n) is 12.0. The number of hydrogen-bond acceptors (Lipinski definition) is 6. The molecule has 1 saturated heterocycles. The van der Waals surface area contributed by atoms with E-state index < -0.39 is 0 Å². The van der Waals surface area contributed by atoms with Crippen molar-refractivity contribution in [3.63, 3.8) is 0 Å². The molecule has 1 aliphatic heterocycles. The molecular weight excluding hydrogens is 254 g/mol. The van der Waals surface area contributed by atoms with Gasteiger partial charge in [-0.1, -0.05) is 12.8 Å². The van der Waals surface area contributed by atoms with Crippen LogP contribution in [0, 0.1) is 0 Å². The highest BCUT2D eigenvalue weighted by Crippen LogP contribution is 2.41. The van der Waals surface area contributed by atoms with Crippen LogP contribution in [0.15, 0.2) is 0 Å². The molecule has 4 N–H and O–H groups in total. The van der Waals surface area contributed by atoms with E-state index in [2.05, 4.69) is 14.9 Å². The Morgan fingerprint density at radius 3 is 2.55 bits per heavy atom. The van der Waals surface area contributed by atoms with Crippen molar-refractivity contribution in [3.8, 4) is 5.75 Å². The molecule has 1 saturated carbocycles. The number of hydrogen-bond donors (Lipinski definition) is 2. The minimum Gasteiger partial charge on any atom is -0.491 e. The molecule has 20 heavy (non-hydrogen) atoms. The van der Waals surface area contributed by atoms with Gasteiger partial charge in [0.05, 0.1) is 12.8 Å². The van der Waals surface area contributed by atoms with Crippen LogP contribution in [0.4, 0.5) is 11.8 Å². The Morgan fingerprint density at radius 2 is 1.95 bits per heavy atom. The summed E-state index contributed by atoms with van der Waals surface area (Å²) in [5.74, 6) is 2.39. The molecule has 6 nitrogen and oxygen atoms in total. The first kappa shape index (κ1) is 13.4. The summed E-state index contributed by atoms with van der Waals surface area (Å²) in [5, 5.41) is 0. The highest BCUT2D eigenvalue weighted by molar-refractivity contribution is 5.58. The van der Waals surface area contributed by atoms with Gasteiger partial charge in [-0.3, -0.25) is 0 Å². The first-order valence-corrected chi connectivity index (χ1v) is 7.41. The molecule has 2 fully saturated rings. The van der Waals surface area contributed by atoms with Crippen molar-refractivity contribution in [1.82, 2.24) is 9.97 Å². The second-order valence-corrected chi connectivity index (χ2v) is 5.80. The highest BCUT2D eigenvalue weighted by Gasteiger charge is 2.29.